The van der Waals surface area contributed by atoms with Gasteiger partial charge in [-0.2, -0.15) is 0 Å². The molecule has 0 saturated carbocycles. The molecule has 3 heterocycles. The Labute approximate surface area is 319 Å². The third-order valence-corrected chi connectivity index (χ3v) is 11.6. The number of aromatic nitrogens is 1. The summed E-state index contributed by atoms with van der Waals surface area (Å²) in [5.41, 5.74) is 17.5. The number of benzene rings is 7. The van der Waals surface area contributed by atoms with Crippen molar-refractivity contribution < 1.29 is 0 Å². The second-order valence-electron chi connectivity index (χ2n) is 17.1. The molecule has 0 spiro atoms. The largest absolute Gasteiger partial charge is 0.375 e. The van der Waals surface area contributed by atoms with E-state index in [1.807, 2.05) is 0 Å². The molecule has 0 fully saturated rings. The van der Waals surface area contributed by atoms with Crippen molar-refractivity contribution in [1.82, 2.24) is 4.48 Å². The van der Waals surface area contributed by atoms with Crippen LogP contribution in [0.15, 0.2) is 158 Å². The van der Waals surface area contributed by atoms with E-state index in [0.717, 1.165) is 22.7 Å². The molecule has 0 bridgehead atoms. The van der Waals surface area contributed by atoms with Crippen LogP contribution in [0.1, 0.15) is 52.7 Å². The predicted molar refractivity (Wildman–Crippen MR) is 232 cm³/mol. The molecule has 2 aliphatic rings. The van der Waals surface area contributed by atoms with Crippen molar-refractivity contribution in [2.24, 2.45) is 0 Å². The lowest BCUT2D eigenvalue weighted by atomic mass is 9.45. The lowest BCUT2D eigenvalue weighted by Crippen LogP contribution is -2.56. The summed E-state index contributed by atoms with van der Waals surface area (Å²) in [6.45, 7) is 14.0. The highest BCUT2D eigenvalue weighted by molar-refractivity contribution is 6.90. The van der Waals surface area contributed by atoms with Crippen molar-refractivity contribution in [2.75, 3.05) is 9.80 Å². The van der Waals surface area contributed by atoms with Crippen LogP contribution < -0.4 is 20.7 Å². The minimum Gasteiger partial charge on any atom is -0.375 e. The van der Waals surface area contributed by atoms with Crippen LogP contribution in [-0.2, 0) is 10.8 Å². The van der Waals surface area contributed by atoms with Crippen LogP contribution >= 0.6 is 0 Å². The van der Waals surface area contributed by atoms with Crippen LogP contribution in [0.3, 0.4) is 0 Å². The summed E-state index contributed by atoms with van der Waals surface area (Å²) in [7, 11) is 0. The average molecular weight is 698 g/mol. The highest BCUT2D eigenvalue weighted by Crippen LogP contribution is 2.49. The number of rotatable bonds is 4. The molecular formula is C50H44BN3. The van der Waals surface area contributed by atoms with Crippen LogP contribution in [0.5, 0.6) is 0 Å². The summed E-state index contributed by atoms with van der Waals surface area (Å²) >= 11 is 0. The van der Waals surface area contributed by atoms with Gasteiger partial charge in [0.1, 0.15) is 0 Å². The fourth-order valence-corrected chi connectivity index (χ4v) is 8.93. The zero-order valence-corrected chi connectivity index (χ0v) is 31.9. The smallest absolute Gasteiger partial charge is 0.333 e. The van der Waals surface area contributed by atoms with Crippen molar-refractivity contribution in [2.45, 2.75) is 52.4 Å². The minimum atomic E-state index is -0.0436. The molecule has 1 aromatic heterocycles. The lowest BCUT2D eigenvalue weighted by Gasteiger charge is -2.41. The van der Waals surface area contributed by atoms with Gasteiger partial charge in [-0.1, -0.05) is 120 Å². The Morgan fingerprint density at radius 3 is 1.72 bits per heavy atom. The fourth-order valence-electron chi connectivity index (χ4n) is 8.93. The molecule has 0 unspecified atom stereocenters. The first-order valence-electron chi connectivity index (χ1n) is 19.2. The van der Waals surface area contributed by atoms with Crippen LogP contribution in [0, 0.1) is 0 Å². The molecule has 0 amide bonds. The Morgan fingerprint density at radius 1 is 0.481 bits per heavy atom. The predicted octanol–water partition coefficient (Wildman–Crippen LogP) is 12.3. The maximum Gasteiger partial charge on any atom is 0.333 e. The van der Waals surface area contributed by atoms with Crippen molar-refractivity contribution in [1.29, 1.82) is 0 Å². The fraction of sp³-hybridized carbons (Fsp3) is 0.160. The first kappa shape index (κ1) is 32.6. The Balaban J connectivity index is 1.39. The van der Waals surface area contributed by atoms with E-state index in [9.17, 15) is 0 Å². The molecule has 0 atom stereocenters. The van der Waals surface area contributed by atoms with E-state index in [-0.39, 0.29) is 17.7 Å². The second kappa shape index (κ2) is 11.8. The number of fused-ring (bicyclic) bond motifs is 7. The SMILES string of the molecule is CC(C)(C)c1ccc2c(c1)c1cc(C(C)(C)C)cc3c1n2B1c2ccccc2N(c2ccccc2)c2cc(N(c4ccccc4)c4ccccc4)cc-3c21. The van der Waals surface area contributed by atoms with E-state index in [1.165, 1.54) is 66.4 Å². The van der Waals surface area contributed by atoms with Gasteiger partial charge in [-0.25, -0.2) is 0 Å². The first-order chi connectivity index (χ1) is 26.1. The highest BCUT2D eigenvalue weighted by atomic mass is 15.2. The summed E-state index contributed by atoms with van der Waals surface area (Å²) in [5, 5.41) is 2.67. The third-order valence-electron chi connectivity index (χ3n) is 11.6. The van der Waals surface area contributed by atoms with E-state index < -0.39 is 0 Å². The van der Waals surface area contributed by atoms with E-state index in [0.29, 0.717) is 0 Å². The Hall–Kier alpha value is -6.00. The summed E-state index contributed by atoms with van der Waals surface area (Å²) in [6.07, 6.45) is 0. The Morgan fingerprint density at radius 2 is 1.07 bits per heavy atom. The first-order valence-corrected chi connectivity index (χ1v) is 19.2. The van der Waals surface area contributed by atoms with Gasteiger partial charge in [0, 0.05) is 61.5 Å². The molecule has 0 aliphatic carbocycles. The summed E-state index contributed by atoms with van der Waals surface area (Å²) in [4.78, 5) is 4.92. The number of nitrogens with zero attached hydrogens (tertiary/aromatic N) is 3. The lowest BCUT2D eigenvalue weighted by molar-refractivity contribution is 0.590. The highest BCUT2D eigenvalue weighted by Gasteiger charge is 2.43. The van der Waals surface area contributed by atoms with Gasteiger partial charge in [-0.15, -0.1) is 0 Å². The molecule has 0 radical (unpaired) electrons. The van der Waals surface area contributed by atoms with Crippen molar-refractivity contribution in [3.8, 4) is 11.1 Å². The summed E-state index contributed by atoms with van der Waals surface area (Å²) in [6, 6.07) is 58.7. The van der Waals surface area contributed by atoms with Crippen molar-refractivity contribution in [3.63, 3.8) is 0 Å². The number of hydrogen-bond acceptors (Lipinski definition) is 2. The maximum absolute atomic E-state index is 2.68. The van der Waals surface area contributed by atoms with Gasteiger partial charge < -0.3 is 14.3 Å². The average Bonchev–Trinajstić information content (AvgIpc) is 3.50. The van der Waals surface area contributed by atoms with Gasteiger partial charge in [0.2, 0.25) is 0 Å². The topological polar surface area (TPSA) is 11.4 Å². The zero-order valence-electron chi connectivity index (χ0n) is 31.9. The zero-order chi connectivity index (χ0) is 36.9. The van der Waals surface area contributed by atoms with Gasteiger partial charge >= 0.3 is 6.85 Å². The van der Waals surface area contributed by atoms with E-state index in [2.05, 4.69) is 214 Å². The van der Waals surface area contributed by atoms with E-state index in [1.54, 1.807) is 0 Å². The molecule has 262 valence electrons. The Kier molecular flexibility index (Phi) is 7.10. The summed E-state index contributed by atoms with van der Waals surface area (Å²) < 4.78 is 2.68. The molecule has 2 aliphatic heterocycles. The van der Waals surface area contributed by atoms with Gasteiger partial charge in [-0.3, -0.25) is 0 Å². The van der Waals surface area contributed by atoms with Crippen LogP contribution in [0.2, 0.25) is 0 Å². The molecule has 3 nitrogen and oxygen atoms in total. The number of para-hydroxylation sites is 4. The molecule has 8 aromatic rings. The van der Waals surface area contributed by atoms with Crippen LogP contribution in [-0.4, -0.2) is 11.3 Å². The van der Waals surface area contributed by atoms with Gasteiger partial charge in [0.05, 0.1) is 0 Å². The molecular weight excluding hydrogens is 653 g/mol. The molecule has 10 rings (SSSR count). The van der Waals surface area contributed by atoms with Crippen molar-refractivity contribution in [3.05, 3.63) is 169 Å². The molecule has 7 aromatic carbocycles. The normalized spacial score (nSPS) is 13.3. The standard InChI is InChI=1S/C50H44BN3/c1-49(2,3)33-26-27-44-39(28-33)41-29-34(50(4,5)6)30-42-40-31-38(52(35-18-10-7-11-19-35)36-20-12-8-13-21-36)32-46-47(40)51(54(44)48(41)42)43-24-16-17-25-45(43)53(46)37-22-14-9-15-23-37/h7-32H,1-6H3. The quantitative estimate of drug-likeness (QED) is 0.170. The molecule has 54 heavy (non-hydrogen) atoms. The van der Waals surface area contributed by atoms with E-state index >= 15 is 0 Å². The monoisotopic (exact) mass is 697 g/mol. The van der Waals surface area contributed by atoms with Gasteiger partial charge in [0.15, 0.2) is 0 Å². The van der Waals surface area contributed by atoms with Crippen LogP contribution in [0.25, 0.3) is 32.9 Å². The summed E-state index contributed by atoms with van der Waals surface area (Å²) in [5.74, 6) is 0. The minimum absolute atomic E-state index is 0.00409. The Bertz CT molecular complexity index is 2700. The molecule has 0 N–H and O–H groups in total. The second-order valence-corrected chi connectivity index (χ2v) is 17.1. The maximum atomic E-state index is 2.68. The van der Waals surface area contributed by atoms with Gasteiger partial charge in [0.25, 0.3) is 0 Å². The third kappa shape index (κ3) is 4.89. The van der Waals surface area contributed by atoms with E-state index in [4.69, 9.17) is 0 Å². The number of hydrogen-bond donors (Lipinski definition) is 0. The van der Waals surface area contributed by atoms with Crippen molar-refractivity contribution >= 4 is 73.7 Å². The molecule has 0 saturated heterocycles. The van der Waals surface area contributed by atoms with Gasteiger partial charge in [-0.05, 0) is 117 Å². The molecule has 4 heteroatoms. The number of anilines is 6. The van der Waals surface area contributed by atoms with Crippen LogP contribution in [0.4, 0.5) is 34.1 Å².